The van der Waals surface area contributed by atoms with E-state index >= 15 is 0 Å². The Morgan fingerprint density at radius 1 is 1.46 bits per heavy atom. The number of nitrogens with one attached hydrogen (secondary N) is 1. The van der Waals surface area contributed by atoms with Crippen LogP contribution in [0.4, 0.5) is 8.78 Å². The van der Waals surface area contributed by atoms with Crippen LogP contribution in [-0.4, -0.2) is 31.7 Å². The molecule has 0 aromatic rings. The minimum absolute atomic E-state index is 0.0606. The molecular formula is C9H17F2NO. The first-order valence-electron chi connectivity index (χ1n) is 4.85. The fourth-order valence-electron chi connectivity index (χ4n) is 1.12. The van der Waals surface area contributed by atoms with Gasteiger partial charge in [-0.05, 0) is 19.3 Å². The van der Waals surface area contributed by atoms with E-state index in [1.807, 2.05) is 6.92 Å². The molecule has 1 aliphatic rings. The molecule has 4 heteroatoms. The predicted octanol–water partition coefficient (Wildman–Crippen LogP) is 1.80. The maximum atomic E-state index is 11.8. The Hall–Kier alpha value is -0.220. The molecule has 1 saturated carbocycles. The Labute approximate surface area is 77.6 Å². The van der Waals surface area contributed by atoms with Crippen LogP contribution in [0.5, 0.6) is 0 Å². The van der Waals surface area contributed by atoms with Crippen LogP contribution in [0.1, 0.15) is 26.2 Å². The molecule has 0 aromatic carbocycles. The van der Waals surface area contributed by atoms with Crippen molar-refractivity contribution >= 4 is 0 Å². The summed E-state index contributed by atoms with van der Waals surface area (Å²) in [5.74, 6) is 0. The van der Waals surface area contributed by atoms with Crippen molar-refractivity contribution in [2.45, 2.75) is 44.8 Å². The first-order valence-corrected chi connectivity index (χ1v) is 4.85. The molecule has 0 spiro atoms. The van der Waals surface area contributed by atoms with Crippen molar-refractivity contribution in [3.63, 3.8) is 0 Å². The van der Waals surface area contributed by atoms with Gasteiger partial charge in [0.05, 0.1) is 6.10 Å². The zero-order chi connectivity index (χ0) is 9.68. The minimum atomic E-state index is -2.35. The second-order valence-electron chi connectivity index (χ2n) is 3.44. The maximum absolute atomic E-state index is 11.8. The summed E-state index contributed by atoms with van der Waals surface area (Å²) in [5, 5.41) is 3.26. The highest BCUT2D eigenvalue weighted by molar-refractivity contribution is 4.81. The highest BCUT2D eigenvalue weighted by Gasteiger charge is 2.21. The minimum Gasteiger partial charge on any atom is -0.371 e. The molecule has 0 bridgehead atoms. The van der Waals surface area contributed by atoms with Crippen LogP contribution in [0.15, 0.2) is 0 Å². The monoisotopic (exact) mass is 193 g/mol. The third kappa shape index (κ3) is 5.16. The van der Waals surface area contributed by atoms with Crippen molar-refractivity contribution in [3.05, 3.63) is 0 Å². The highest BCUT2D eigenvalue weighted by atomic mass is 19.3. The third-order valence-electron chi connectivity index (χ3n) is 2.12. The molecule has 1 aliphatic carbocycles. The predicted molar refractivity (Wildman–Crippen MR) is 47.1 cm³/mol. The lowest BCUT2D eigenvalue weighted by molar-refractivity contribution is -0.0245. The summed E-state index contributed by atoms with van der Waals surface area (Å²) in [5.41, 5.74) is 0. The average molecular weight is 193 g/mol. The number of halogens is 2. The molecule has 1 atom stereocenters. The molecule has 78 valence electrons. The van der Waals surface area contributed by atoms with Gasteiger partial charge in [0.25, 0.3) is 6.43 Å². The molecule has 0 heterocycles. The van der Waals surface area contributed by atoms with Gasteiger partial charge in [0.2, 0.25) is 0 Å². The molecule has 2 nitrogen and oxygen atoms in total. The van der Waals surface area contributed by atoms with Gasteiger partial charge in [-0.3, -0.25) is 0 Å². The van der Waals surface area contributed by atoms with E-state index in [1.54, 1.807) is 0 Å². The summed E-state index contributed by atoms with van der Waals surface area (Å²) in [7, 11) is 0. The topological polar surface area (TPSA) is 21.3 Å². The molecule has 0 aliphatic heterocycles. The second kappa shape index (κ2) is 5.50. The van der Waals surface area contributed by atoms with Gasteiger partial charge in [-0.2, -0.15) is 0 Å². The van der Waals surface area contributed by atoms with Crippen molar-refractivity contribution in [1.29, 1.82) is 0 Å². The summed E-state index contributed by atoms with van der Waals surface area (Å²) >= 11 is 0. The van der Waals surface area contributed by atoms with E-state index in [1.165, 1.54) is 12.8 Å². The lowest BCUT2D eigenvalue weighted by atomic mass is 10.3. The van der Waals surface area contributed by atoms with Gasteiger partial charge in [-0.1, -0.05) is 6.92 Å². The fourth-order valence-corrected chi connectivity index (χ4v) is 1.12. The summed E-state index contributed by atoms with van der Waals surface area (Å²) in [6.45, 7) is 2.21. The van der Waals surface area contributed by atoms with E-state index in [0.717, 1.165) is 6.42 Å². The van der Waals surface area contributed by atoms with Gasteiger partial charge in [0, 0.05) is 12.6 Å². The van der Waals surface area contributed by atoms with Gasteiger partial charge in [0.15, 0.2) is 0 Å². The van der Waals surface area contributed by atoms with Crippen LogP contribution in [0, 0.1) is 0 Å². The van der Waals surface area contributed by atoms with Crippen molar-refractivity contribution in [2.75, 3.05) is 13.2 Å². The Morgan fingerprint density at radius 3 is 2.62 bits per heavy atom. The van der Waals surface area contributed by atoms with Crippen LogP contribution in [0.25, 0.3) is 0 Å². The van der Waals surface area contributed by atoms with E-state index < -0.39 is 13.0 Å². The van der Waals surface area contributed by atoms with Gasteiger partial charge < -0.3 is 10.1 Å². The molecular weight excluding hydrogens is 176 g/mol. The van der Waals surface area contributed by atoms with E-state index in [2.05, 4.69) is 5.32 Å². The van der Waals surface area contributed by atoms with Crippen LogP contribution >= 0.6 is 0 Å². The Morgan fingerprint density at radius 2 is 2.15 bits per heavy atom. The van der Waals surface area contributed by atoms with Crippen LogP contribution in [0.2, 0.25) is 0 Å². The van der Waals surface area contributed by atoms with Gasteiger partial charge in [-0.25, -0.2) is 8.78 Å². The normalized spacial score (nSPS) is 19.4. The Kier molecular flexibility index (Phi) is 4.59. The van der Waals surface area contributed by atoms with E-state index in [-0.39, 0.29) is 6.10 Å². The summed E-state index contributed by atoms with van der Waals surface area (Å²) in [6, 6.07) is 0.615. The lowest BCUT2D eigenvalue weighted by Crippen LogP contribution is -2.31. The first-order chi connectivity index (χ1) is 6.22. The molecule has 1 unspecified atom stereocenters. The number of hydrogen-bond acceptors (Lipinski definition) is 2. The standard InChI is InChI=1S/C9H17F2NO/c1-2-8(13-6-9(10)11)5-12-7-3-4-7/h7-9,12H,2-6H2,1H3. The summed E-state index contributed by atoms with van der Waals surface area (Å²) in [4.78, 5) is 0. The van der Waals surface area contributed by atoms with Crippen LogP contribution < -0.4 is 5.32 Å². The van der Waals surface area contributed by atoms with Gasteiger partial charge in [0.1, 0.15) is 6.61 Å². The first kappa shape index (κ1) is 10.9. The SMILES string of the molecule is CCC(CNC1CC1)OCC(F)F. The van der Waals surface area contributed by atoms with Gasteiger partial charge in [-0.15, -0.1) is 0 Å². The summed E-state index contributed by atoms with van der Waals surface area (Å²) < 4.78 is 28.6. The Balaban J connectivity index is 2.02. The molecule has 1 rings (SSSR count). The third-order valence-corrected chi connectivity index (χ3v) is 2.12. The molecule has 0 amide bonds. The zero-order valence-electron chi connectivity index (χ0n) is 7.93. The largest absolute Gasteiger partial charge is 0.371 e. The molecule has 0 aromatic heterocycles. The quantitative estimate of drug-likeness (QED) is 0.665. The average Bonchev–Trinajstić information content (AvgIpc) is 2.88. The molecule has 1 N–H and O–H groups in total. The molecule has 1 fully saturated rings. The molecule has 0 saturated heterocycles. The molecule has 13 heavy (non-hydrogen) atoms. The van der Waals surface area contributed by atoms with Crippen molar-refractivity contribution in [1.82, 2.24) is 5.32 Å². The van der Waals surface area contributed by atoms with Gasteiger partial charge >= 0.3 is 0 Å². The Bertz CT molecular complexity index is 134. The maximum Gasteiger partial charge on any atom is 0.261 e. The lowest BCUT2D eigenvalue weighted by Gasteiger charge is -2.16. The number of ether oxygens (including phenoxy) is 1. The van der Waals surface area contributed by atoms with Crippen molar-refractivity contribution in [3.8, 4) is 0 Å². The zero-order valence-corrected chi connectivity index (χ0v) is 7.93. The van der Waals surface area contributed by atoms with Crippen molar-refractivity contribution in [2.24, 2.45) is 0 Å². The second-order valence-corrected chi connectivity index (χ2v) is 3.44. The van der Waals surface area contributed by atoms with Crippen molar-refractivity contribution < 1.29 is 13.5 Å². The molecule has 0 radical (unpaired) electrons. The smallest absolute Gasteiger partial charge is 0.261 e. The van der Waals surface area contributed by atoms with Crippen LogP contribution in [-0.2, 0) is 4.74 Å². The number of hydrogen-bond donors (Lipinski definition) is 1. The van der Waals surface area contributed by atoms with E-state index in [9.17, 15) is 8.78 Å². The summed E-state index contributed by atoms with van der Waals surface area (Å²) in [6.07, 6.45) is 0.799. The van der Waals surface area contributed by atoms with E-state index in [0.29, 0.717) is 12.6 Å². The van der Waals surface area contributed by atoms with Crippen LogP contribution in [0.3, 0.4) is 0 Å². The fraction of sp³-hybridized carbons (Fsp3) is 1.00. The number of alkyl halides is 2. The number of rotatable bonds is 7. The highest BCUT2D eigenvalue weighted by Crippen LogP contribution is 2.18. The van der Waals surface area contributed by atoms with E-state index in [4.69, 9.17) is 4.74 Å².